The Morgan fingerprint density at radius 1 is 0.889 bits per heavy atom. The Hall–Kier alpha value is -0.411. The summed E-state index contributed by atoms with van der Waals surface area (Å²) in [7, 11) is 5.02. The van der Waals surface area contributed by atoms with Gasteiger partial charge < -0.3 is 0 Å². The summed E-state index contributed by atoms with van der Waals surface area (Å²) in [6.45, 7) is 4.50. The molecule has 0 heterocycles. The maximum absolute atomic E-state index is 5.02. The van der Waals surface area contributed by atoms with Gasteiger partial charge in [-0.2, -0.15) is 0 Å². The number of thiol groups is 1. The normalized spacial score (nSPS) is 10.9. The third-order valence-electron chi connectivity index (χ3n) is 3.31. The Kier molecular flexibility index (Phi) is 5.19. The first-order valence-electron chi connectivity index (χ1n) is 6.50. The summed E-state index contributed by atoms with van der Waals surface area (Å²) in [6.07, 6.45) is 2.24. The fraction of sp³-hybridized carbons (Fsp3) is 0.250. The van der Waals surface area contributed by atoms with Crippen molar-refractivity contribution in [2.75, 3.05) is 0 Å². The van der Waals surface area contributed by atoms with E-state index in [4.69, 9.17) is 9.81 Å². The molecule has 0 aliphatic rings. The zero-order valence-corrected chi connectivity index (χ0v) is 14.7. The van der Waals surface area contributed by atoms with E-state index in [2.05, 4.69) is 62.4 Å². The van der Waals surface area contributed by atoms with Crippen molar-refractivity contribution in [1.82, 2.24) is 0 Å². The molecule has 0 aromatic heterocycles. The molecule has 0 nitrogen and oxygen atoms in total. The Bertz CT molecular complexity index is 508. The van der Waals surface area contributed by atoms with Crippen LogP contribution in [0.25, 0.3) is 0 Å². The van der Waals surface area contributed by atoms with E-state index < -0.39 is 18.4 Å². The van der Waals surface area contributed by atoms with Gasteiger partial charge in [-0.15, -0.1) is 0 Å². The molecule has 2 rings (SSSR count). The molecule has 2 aromatic rings. The van der Waals surface area contributed by atoms with Crippen LogP contribution in [-0.2, 0) is 12.8 Å². The van der Waals surface area contributed by atoms with E-state index in [1.54, 1.807) is 9.14 Å². The molecule has 0 bridgehead atoms. The van der Waals surface area contributed by atoms with E-state index in [1.165, 1.54) is 9.14 Å². The quantitative estimate of drug-likeness (QED) is 0.628. The van der Waals surface area contributed by atoms with Crippen molar-refractivity contribution in [1.29, 1.82) is 0 Å². The molecule has 0 atom stereocenters. The molecular weight excluding hydrogens is 343 g/mol. The third-order valence-corrected chi connectivity index (χ3v) is 12.0. The average molecular weight is 362 g/mol. The number of hydrogen-bond donors (Lipinski definition) is 1. The van der Waals surface area contributed by atoms with Gasteiger partial charge in [0.05, 0.1) is 0 Å². The van der Waals surface area contributed by atoms with Gasteiger partial charge in [0.25, 0.3) is 0 Å². The number of hydrogen-bond acceptors (Lipinski definition) is 1. The van der Waals surface area contributed by atoms with Crippen molar-refractivity contribution in [2.45, 2.75) is 26.7 Å². The van der Waals surface area contributed by atoms with Gasteiger partial charge in [0.15, 0.2) is 0 Å². The second-order valence-electron chi connectivity index (χ2n) is 4.36. The van der Waals surface area contributed by atoms with Crippen LogP contribution in [0.2, 0.25) is 0 Å². The Morgan fingerprint density at radius 2 is 1.61 bits per heavy atom. The van der Waals surface area contributed by atoms with Gasteiger partial charge in [-0.25, -0.2) is 0 Å². The average Bonchev–Trinajstić information content (AvgIpc) is 2.46. The van der Waals surface area contributed by atoms with E-state index in [0.717, 1.165) is 12.8 Å². The van der Waals surface area contributed by atoms with Crippen LogP contribution in [0.1, 0.15) is 25.0 Å². The molecule has 0 fully saturated rings. The summed E-state index contributed by atoms with van der Waals surface area (Å²) in [5.74, 6) is 0. The van der Waals surface area contributed by atoms with Crippen LogP contribution in [0.4, 0.5) is 0 Å². The Morgan fingerprint density at radius 3 is 2.22 bits per heavy atom. The molecule has 1 radical (unpaired) electrons. The molecule has 0 spiro atoms. The fourth-order valence-electron chi connectivity index (χ4n) is 2.36. The molecule has 0 aliphatic carbocycles. The van der Waals surface area contributed by atoms with Crippen molar-refractivity contribution in [3.05, 3.63) is 59.7 Å². The first-order chi connectivity index (χ1) is 8.77. The molecule has 0 N–H and O–H groups in total. The van der Waals surface area contributed by atoms with Gasteiger partial charge in [-0.05, 0) is 0 Å². The molecule has 0 saturated heterocycles. The van der Waals surface area contributed by atoms with Gasteiger partial charge in [0, 0.05) is 0 Å². The van der Waals surface area contributed by atoms with Crippen LogP contribution in [0.3, 0.4) is 0 Å². The number of aryl methyl sites for hydroxylation is 1. The third kappa shape index (κ3) is 2.94. The molecule has 0 amide bonds. The van der Waals surface area contributed by atoms with E-state index in [1.807, 2.05) is 0 Å². The molecule has 93 valence electrons. The summed E-state index contributed by atoms with van der Waals surface area (Å²) in [5.41, 5.74) is 3.05. The van der Waals surface area contributed by atoms with Crippen LogP contribution in [0, 0.1) is 0 Å². The minimum atomic E-state index is -1.95. The van der Waals surface area contributed by atoms with Crippen LogP contribution < -0.4 is 7.16 Å². The SMILES string of the molecule is CCc1ccc[c]([Sn]([SH])[c]2ccccc2)c1CC. The summed E-state index contributed by atoms with van der Waals surface area (Å²) in [4.78, 5) is 0. The summed E-state index contributed by atoms with van der Waals surface area (Å²) in [5, 5.41) is 0. The van der Waals surface area contributed by atoms with Crippen LogP contribution >= 0.6 is 9.81 Å². The minimum absolute atomic E-state index is 1.12. The predicted molar refractivity (Wildman–Crippen MR) is 85.6 cm³/mol. The Labute approximate surface area is 121 Å². The van der Waals surface area contributed by atoms with Crippen molar-refractivity contribution < 1.29 is 0 Å². The summed E-state index contributed by atoms with van der Waals surface area (Å²) in [6, 6.07) is 17.6. The van der Waals surface area contributed by atoms with Crippen LogP contribution in [0.15, 0.2) is 48.5 Å². The topological polar surface area (TPSA) is 0 Å². The fourth-order valence-corrected chi connectivity index (χ4v) is 9.60. The molecular formula is C16H19SSn. The first kappa shape index (κ1) is 14.0. The second kappa shape index (κ2) is 6.67. The zero-order valence-electron chi connectivity index (χ0n) is 11.0. The van der Waals surface area contributed by atoms with Crippen molar-refractivity contribution in [3.8, 4) is 0 Å². The number of rotatable bonds is 4. The van der Waals surface area contributed by atoms with Crippen LogP contribution in [0.5, 0.6) is 0 Å². The zero-order chi connectivity index (χ0) is 13.0. The van der Waals surface area contributed by atoms with Crippen molar-refractivity contribution in [2.24, 2.45) is 0 Å². The van der Waals surface area contributed by atoms with Gasteiger partial charge in [-0.3, -0.25) is 0 Å². The van der Waals surface area contributed by atoms with Crippen molar-refractivity contribution >= 4 is 35.3 Å². The van der Waals surface area contributed by atoms with Gasteiger partial charge >= 0.3 is 122 Å². The maximum atomic E-state index is 5.02. The molecule has 18 heavy (non-hydrogen) atoms. The van der Waals surface area contributed by atoms with Crippen molar-refractivity contribution in [3.63, 3.8) is 0 Å². The molecule has 2 heteroatoms. The van der Waals surface area contributed by atoms with Gasteiger partial charge in [0.1, 0.15) is 0 Å². The molecule has 0 aliphatic heterocycles. The predicted octanol–water partition coefficient (Wildman–Crippen LogP) is 2.85. The summed E-state index contributed by atoms with van der Waals surface area (Å²) < 4.78 is 3.01. The molecule has 2 aromatic carbocycles. The standard InChI is InChI=1S/C10H13.C6H5.H2S.Sn/c1-3-9-7-5-6-8-10(9)4-2;1-2-4-6-5-3-1;;/h5-7H,3-4H2,1-2H3;1-5H;1H2;/q;;;+1/p-1. The van der Waals surface area contributed by atoms with E-state index in [9.17, 15) is 0 Å². The summed E-state index contributed by atoms with van der Waals surface area (Å²) >= 11 is -1.95. The van der Waals surface area contributed by atoms with E-state index in [0.29, 0.717) is 0 Å². The van der Waals surface area contributed by atoms with Gasteiger partial charge in [0.2, 0.25) is 0 Å². The second-order valence-corrected chi connectivity index (χ2v) is 12.5. The molecule has 0 unspecified atom stereocenters. The van der Waals surface area contributed by atoms with Gasteiger partial charge in [-0.1, -0.05) is 0 Å². The Balaban J connectivity index is 2.45. The first-order valence-corrected chi connectivity index (χ1v) is 13.6. The number of benzene rings is 2. The van der Waals surface area contributed by atoms with E-state index >= 15 is 0 Å². The van der Waals surface area contributed by atoms with E-state index in [-0.39, 0.29) is 0 Å². The van der Waals surface area contributed by atoms with Crippen LogP contribution in [-0.4, -0.2) is 18.4 Å². The molecule has 0 saturated carbocycles. The monoisotopic (exact) mass is 363 g/mol.